The molecule has 2 N–H and O–H groups in total. The lowest BCUT2D eigenvalue weighted by Gasteiger charge is -2.16. The standard InChI is InChI=1S/C22H20N6O2/c1-11-19-13(10-27(2)26-19)6-15(20(11)29)21-24-9-16-17(25-21)3-4-28(22(16)30)18-7-14-5-12(18)8-23-14/h3-4,6-7,9-10,12,14,23,29H,5,8H2,1-2H3/t12?,14-/m1/s1. The second-order valence-corrected chi connectivity index (χ2v) is 8.16. The smallest absolute Gasteiger partial charge is 0.265 e. The highest BCUT2D eigenvalue weighted by Gasteiger charge is 2.33. The molecular formula is C22H20N6O2. The number of aromatic nitrogens is 5. The van der Waals surface area contributed by atoms with Gasteiger partial charge in [0.2, 0.25) is 0 Å². The highest BCUT2D eigenvalue weighted by molar-refractivity contribution is 5.90. The molecule has 0 radical (unpaired) electrons. The van der Waals surface area contributed by atoms with Crippen LogP contribution in [0.2, 0.25) is 0 Å². The Morgan fingerprint density at radius 1 is 1.33 bits per heavy atom. The fourth-order valence-electron chi connectivity index (χ4n) is 4.71. The van der Waals surface area contributed by atoms with E-state index in [2.05, 4.69) is 26.5 Å². The van der Waals surface area contributed by atoms with E-state index in [0.717, 1.165) is 29.6 Å². The van der Waals surface area contributed by atoms with Gasteiger partial charge >= 0.3 is 0 Å². The second-order valence-electron chi connectivity index (χ2n) is 8.16. The van der Waals surface area contributed by atoms with E-state index in [4.69, 9.17) is 0 Å². The quantitative estimate of drug-likeness (QED) is 0.535. The first-order chi connectivity index (χ1) is 14.5. The van der Waals surface area contributed by atoms with E-state index in [1.54, 1.807) is 21.6 Å². The summed E-state index contributed by atoms with van der Waals surface area (Å²) in [4.78, 5) is 22.1. The summed E-state index contributed by atoms with van der Waals surface area (Å²) < 4.78 is 3.44. The van der Waals surface area contributed by atoms with Crippen LogP contribution < -0.4 is 10.9 Å². The first-order valence-electron chi connectivity index (χ1n) is 10.00. The average molecular weight is 400 g/mol. The predicted molar refractivity (Wildman–Crippen MR) is 114 cm³/mol. The summed E-state index contributed by atoms with van der Waals surface area (Å²) in [6, 6.07) is 4.04. The lowest BCUT2D eigenvalue weighted by molar-refractivity contribution is 0.473. The molecule has 1 aromatic carbocycles. The Hall–Kier alpha value is -3.52. The van der Waals surface area contributed by atoms with Crippen molar-refractivity contribution in [3.63, 3.8) is 0 Å². The summed E-state index contributed by atoms with van der Waals surface area (Å²) >= 11 is 0. The number of hydrogen-bond acceptors (Lipinski definition) is 6. The molecule has 2 atom stereocenters. The van der Waals surface area contributed by atoms with E-state index in [1.807, 2.05) is 32.3 Å². The number of phenols is 1. The summed E-state index contributed by atoms with van der Waals surface area (Å²) in [5.74, 6) is 0.861. The number of fused-ring (bicyclic) bond motifs is 4. The molecule has 150 valence electrons. The topological polar surface area (TPSA) is 97.9 Å². The van der Waals surface area contributed by atoms with Crippen molar-refractivity contribution >= 4 is 27.5 Å². The molecule has 3 aromatic heterocycles. The lowest BCUT2D eigenvalue weighted by Crippen LogP contribution is -2.28. The normalized spacial score (nSPS) is 20.4. The van der Waals surface area contributed by atoms with Crippen LogP contribution in [-0.4, -0.2) is 42.0 Å². The molecule has 0 saturated carbocycles. The maximum absolute atomic E-state index is 13.1. The first-order valence-corrected chi connectivity index (χ1v) is 10.00. The van der Waals surface area contributed by atoms with Crippen molar-refractivity contribution in [2.45, 2.75) is 19.4 Å². The Labute approximate surface area is 171 Å². The monoisotopic (exact) mass is 400 g/mol. The number of benzene rings is 1. The van der Waals surface area contributed by atoms with E-state index < -0.39 is 0 Å². The van der Waals surface area contributed by atoms with Crippen molar-refractivity contribution in [3.8, 4) is 17.1 Å². The van der Waals surface area contributed by atoms with Crippen molar-refractivity contribution in [3.05, 3.63) is 52.7 Å². The van der Waals surface area contributed by atoms with E-state index in [9.17, 15) is 9.90 Å². The molecule has 0 amide bonds. The molecular weight excluding hydrogens is 380 g/mol. The first kappa shape index (κ1) is 17.3. The van der Waals surface area contributed by atoms with Crippen LogP contribution in [-0.2, 0) is 7.05 Å². The number of nitrogens with zero attached hydrogens (tertiary/aromatic N) is 5. The second kappa shape index (κ2) is 5.99. The lowest BCUT2D eigenvalue weighted by atomic mass is 10.1. The van der Waals surface area contributed by atoms with Crippen LogP contribution >= 0.6 is 0 Å². The van der Waals surface area contributed by atoms with E-state index in [-0.39, 0.29) is 11.3 Å². The largest absolute Gasteiger partial charge is 0.507 e. The van der Waals surface area contributed by atoms with Crippen LogP contribution in [0, 0.1) is 12.8 Å². The summed E-state index contributed by atoms with van der Waals surface area (Å²) in [7, 11) is 1.84. The molecule has 1 aliphatic carbocycles. The van der Waals surface area contributed by atoms with Gasteiger partial charge in [-0.05, 0) is 31.6 Å². The molecule has 4 heterocycles. The van der Waals surface area contributed by atoms with E-state index in [1.165, 1.54) is 0 Å². The zero-order chi connectivity index (χ0) is 20.6. The Bertz CT molecular complexity index is 1450. The number of rotatable bonds is 2. The van der Waals surface area contributed by atoms with Crippen molar-refractivity contribution in [2.24, 2.45) is 13.0 Å². The zero-order valence-electron chi connectivity index (χ0n) is 16.6. The third kappa shape index (κ3) is 2.37. The Balaban J connectivity index is 1.49. The Morgan fingerprint density at radius 3 is 2.97 bits per heavy atom. The number of pyridine rings is 1. The fraction of sp³-hybridized carbons (Fsp3) is 0.273. The van der Waals surface area contributed by atoms with Crippen LogP contribution in [0.25, 0.3) is 38.9 Å². The Kier molecular flexibility index (Phi) is 3.47. The van der Waals surface area contributed by atoms with Crippen molar-refractivity contribution in [2.75, 3.05) is 6.54 Å². The fourth-order valence-corrected chi connectivity index (χ4v) is 4.71. The van der Waals surface area contributed by atoms with Crippen molar-refractivity contribution in [1.82, 2.24) is 29.6 Å². The van der Waals surface area contributed by atoms with Gasteiger partial charge in [-0.15, -0.1) is 0 Å². The van der Waals surface area contributed by atoms with E-state index >= 15 is 0 Å². The highest BCUT2D eigenvalue weighted by atomic mass is 16.3. The molecule has 1 unspecified atom stereocenters. The van der Waals surface area contributed by atoms with Gasteiger partial charge < -0.3 is 10.4 Å². The van der Waals surface area contributed by atoms with Gasteiger partial charge in [-0.2, -0.15) is 5.10 Å². The minimum absolute atomic E-state index is 0.105. The molecule has 1 aliphatic heterocycles. The molecule has 2 bridgehead atoms. The maximum atomic E-state index is 13.1. The van der Waals surface area contributed by atoms with Gasteiger partial charge in [-0.25, -0.2) is 9.97 Å². The van der Waals surface area contributed by atoms with Gasteiger partial charge in [0.1, 0.15) is 5.75 Å². The molecule has 8 heteroatoms. The molecule has 1 saturated heterocycles. The summed E-state index contributed by atoms with van der Waals surface area (Å²) in [5.41, 5.74) is 3.47. The molecule has 6 rings (SSSR count). The SMILES string of the molecule is Cc1c(O)c(-c2ncc3c(=O)n(C4=C[C@H]5CC4CN5)ccc3n2)cc2cn(C)nc12. The number of hydrogen-bond donors (Lipinski definition) is 2. The molecule has 1 fully saturated rings. The highest BCUT2D eigenvalue weighted by Crippen LogP contribution is 2.36. The molecule has 2 aliphatic rings. The third-order valence-corrected chi connectivity index (χ3v) is 6.25. The average Bonchev–Trinajstić information content (AvgIpc) is 3.46. The van der Waals surface area contributed by atoms with Gasteiger partial charge in [-0.3, -0.25) is 14.0 Å². The maximum Gasteiger partial charge on any atom is 0.265 e. The minimum Gasteiger partial charge on any atom is -0.507 e. The van der Waals surface area contributed by atoms with Crippen molar-refractivity contribution < 1.29 is 5.11 Å². The van der Waals surface area contributed by atoms with Crippen LogP contribution in [0.4, 0.5) is 0 Å². The Morgan fingerprint density at radius 2 is 2.20 bits per heavy atom. The molecule has 30 heavy (non-hydrogen) atoms. The number of nitrogens with one attached hydrogen (secondary N) is 1. The van der Waals surface area contributed by atoms with Crippen LogP contribution in [0.3, 0.4) is 0 Å². The van der Waals surface area contributed by atoms with Crippen molar-refractivity contribution in [1.29, 1.82) is 0 Å². The number of aromatic hydroxyl groups is 1. The molecule has 0 spiro atoms. The van der Waals surface area contributed by atoms with Gasteiger partial charge in [0.05, 0.1) is 22.0 Å². The number of aryl methyl sites for hydroxylation is 2. The number of phenolic OH excluding ortho intramolecular Hbond substituents is 1. The summed E-state index contributed by atoms with van der Waals surface area (Å²) in [6.45, 7) is 2.73. The van der Waals surface area contributed by atoms with Gasteiger partial charge in [-0.1, -0.05) is 0 Å². The minimum atomic E-state index is -0.110. The molecule has 8 nitrogen and oxygen atoms in total. The summed E-state index contributed by atoms with van der Waals surface area (Å²) in [6.07, 6.45) is 8.43. The van der Waals surface area contributed by atoms with E-state index in [0.29, 0.717) is 39.8 Å². The van der Waals surface area contributed by atoms with Crippen LogP contribution in [0.5, 0.6) is 5.75 Å². The zero-order valence-corrected chi connectivity index (χ0v) is 16.6. The third-order valence-electron chi connectivity index (χ3n) is 6.25. The predicted octanol–water partition coefficient (Wildman–Crippen LogP) is 2.19. The molecule has 4 aromatic rings. The van der Waals surface area contributed by atoms with Gasteiger partial charge in [0.25, 0.3) is 5.56 Å². The van der Waals surface area contributed by atoms with Gasteiger partial charge in [0.15, 0.2) is 5.82 Å². The van der Waals surface area contributed by atoms with Crippen LogP contribution in [0.1, 0.15) is 12.0 Å². The van der Waals surface area contributed by atoms with Gasteiger partial charge in [0, 0.05) is 60.8 Å². The van der Waals surface area contributed by atoms with Crippen LogP contribution in [0.15, 0.2) is 41.6 Å². The summed E-state index contributed by atoms with van der Waals surface area (Å²) in [5, 5.41) is 19.9.